The number of nitrogens with one attached hydrogen (secondary N) is 1. The van der Waals surface area contributed by atoms with E-state index in [2.05, 4.69) is 28.5 Å². The zero-order chi connectivity index (χ0) is 15.5. The van der Waals surface area contributed by atoms with E-state index in [4.69, 9.17) is 23.2 Å². The summed E-state index contributed by atoms with van der Waals surface area (Å²) in [6.07, 6.45) is 4.28. The molecule has 0 aliphatic heterocycles. The summed E-state index contributed by atoms with van der Waals surface area (Å²) in [4.78, 5) is 12.3. The van der Waals surface area contributed by atoms with Crippen molar-refractivity contribution < 1.29 is 4.79 Å². The molecule has 1 heterocycles. The van der Waals surface area contributed by atoms with E-state index in [1.165, 1.54) is 6.07 Å². The summed E-state index contributed by atoms with van der Waals surface area (Å²) in [5.41, 5.74) is -0.689. The molecular weight excluding hydrogens is 311 g/mol. The van der Waals surface area contributed by atoms with Gasteiger partial charge in [0.15, 0.2) is 10.3 Å². The van der Waals surface area contributed by atoms with E-state index in [0.717, 1.165) is 19.3 Å². The zero-order valence-electron chi connectivity index (χ0n) is 11.7. The van der Waals surface area contributed by atoms with E-state index < -0.39 is 11.4 Å². The van der Waals surface area contributed by atoms with Gasteiger partial charge in [-0.1, -0.05) is 36.5 Å². The third-order valence-corrected chi connectivity index (χ3v) is 4.53. The molecule has 112 valence electrons. The van der Waals surface area contributed by atoms with E-state index >= 15 is 0 Å². The van der Waals surface area contributed by atoms with E-state index in [0.29, 0.717) is 18.8 Å². The second kappa shape index (κ2) is 6.59. The minimum atomic E-state index is -0.832. The number of hydrogen-bond acceptors (Lipinski definition) is 4. The van der Waals surface area contributed by atoms with Gasteiger partial charge in [0.2, 0.25) is 0 Å². The normalized spacial score (nSPS) is 25.1. The van der Waals surface area contributed by atoms with Crippen LogP contribution >= 0.6 is 23.2 Å². The number of nitriles is 1. The molecule has 0 bridgehead atoms. The molecular formula is C14H16Cl2N4O. The Morgan fingerprint density at radius 1 is 1.48 bits per heavy atom. The van der Waals surface area contributed by atoms with Crippen molar-refractivity contribution in [3.63, 3.8) is 0 Å². The van der Waals surface area contributed by atoms with Crippen molar-refractivity contribution in [1.82, 2.24) is 15.5 Å². The predicted molar refractivity (Wildman–Crippen MR) is 80.1 cm³/mol. The molecule has 7 heteroatoms. The van der Waals surface area contributed by atoms with Gasteiger partial charge in [-0.2, -0.15) is 5.26 Å². The Bertz CT molecular complexity index is 577. The van der Waals surface area contributed by atoms with Crippen LogP contribution in [0.4, 0.5) is 0 Å². The molecule has 1 aliphatic carbocycles. The van der Waals surface area contributed by atoms with Crippen molar-refractivity contribution in [3.8, 4) is 6.07 Å². The molecule has 1 aromatic heterocycles. The maximum absolute atomic E-state index is 12.3. The standard InChI is InChI=1S/C14H16Cl2N4O/c1-2-9-3-5-14(8-17,6-4-9)18-13(21)10-7-11(15)19-20-12(10)16/h7,9H,2-6H2,1H3,(H,18,21). The molecule has 1 fully saturated rings. The molecule has 0 unspecified atom stereocenters. The van der Waals surface area contributed by atoms with Crippen molar-refractivity contribution in [2.75, 3.05) is 0 Å². The lowest BCUT2D eigenvalue weighted by atomic mass is 9.76. The number of aromatic nitrogens is 2. The summed E-state index contributed by atoms with van der Waals surface area (Å²) in [7, 11) is 0. The molecule has 1 saturated carbocycles. The van der Waals surface area contributed by atoms with Gasteiger partial charge in [0.05, 0.1) is 11.6 Å². The van der Waals surface area contributed by atoms with Crippen LogP contribution in [0.5, 0.6) is 0 Å². The third-order valence-electron chi connectivity index (χ3n) is 4.07. The van der Waals surface area contributed by atoms with Crippen LogP contribution < -0.4 is 5.32 Å². The van der Waals surface area contributed by atoms with Crippen LogP contribution in [0.15, 0.2) is 6.07 Å². The molecule has 0 spiro atoms. The fourth-order valence-corrected chi connectivity index (χ4v) is 2.97. The Hall–Kier alpha value is -1.38. The summed E-state index contributed by atoms with van der Waals surface area (Å²) in [6.45, 7) is 2.15. The van der Waals surface area contributed by atoms with Crippen molar-refractivity contribution in [2.45, 2.75) is 44.6 Å². The highest BCUT2D eigenvalue weighted by atomic mass is 35.5. The van der Waals surface area contributed by atoms with Crippen LogP contribution in [0.1, 0.15) is 49.4 Å². The van der Waals surface area contributed by atoms with Gasteiger partial charge < -0.3 is 5.32 Å². The largest absolute Gasteiger partial charge is 0.334 e. The van der Waals surface area contributed by atoms with E-state index in [1.54, 1.807) is 0 Å². The first kappa shape index (κ1) is 16.0. The summed E-state index contributed by atoms with van der Waals surface area (Å²) in [5, 5.41) is 19.5. The number of hydrogen-bond donors (Lipinski definition) is 1. The molecule has 1 aromatic rings. The maximum Gasteiger partial charge on any atom is 0.255 e. The number of carbonyl (C=O) groups excluding carboxylic acids is 1. The lowest BCUT2D eigenvalue weighted by Crippen LogP contribution is -2.49. The SMILES string of the molecule is CCC1CCC(C#N)(NC(=O)c2cc(Cl)nnc2Cl)CC1. The van der Waals surface area contributed by atoms with Gasteiger partial charge in [-0.25, -0.2) is 0 Å². The van der Waals surface area contributed by atoms with Gasteiger partial charge in [-0.15, -0.1) is 10.2 Å². The number of halogens is 2. The van der Waals surface area contributed by atoms with Crippen LogP contribution in [-0.2, 0) is 0 Å². The molecule has 21 heavy (non-hydrogen) atoms. The first-order chi connectivity index (χ1) is 9.99. The second-order valence-corrected chi connectivity index (χ2v) is 6.12. The summed E-state index contributed by atoms with van der Waals surface area (Å²) < 4.78 is 0. The van der Waals surface area contributed by atoms with Gasteiger partial charge in [-0.3, -0.25) is 4.79 Å². The fraction of sp³-hybridized carbons (Fsp3) is 0.571. The molecule has 0 radical (unpaired) electrons. The van der Waals surface area contributed by atoms with Crippen molar-refractivity contribution in [3.05, 3.63) is 21.9 Å². The van der Waals surface area contributed by atoms with E-state index in [1.807, 2.05) is 0 Å². The minimum absolute atomic E-state index is 0.0211. The van der Waals surface area contributed by atoms with Gasteiger partial charge in [0, 0.05) is 0 Å². The molecule has 1 amide bonds. The van der Waals surface area contributed by atoms with Gasteiger partial charge in [0.1, 0.15) is 5.54 Å². The Morgan fingerprint density at radius 2 is 2.14 bits per heavy atom. The number of rotatable bonds is 3. The van der Waals surface area contributed by atoms with E-state index in [9.17, 15) is 10.1 Å². The Balaban J connectivity index is 2.14. The number of amides is 1. The lowest BCUT2D eigenvalue weighted by molar-refractivity contribution is 0.0891. The minimum Gasteiger partial charge on any atom is -0.334 e. The van der Waals surface area contributed by atoms with Gasteiger partial charge in [-0.05, 0) is 37.7 Å². The summed E-state index contributed by atoms with van der Waals surface area (Å²) in [5.74, 6) is 0.192. The van der Waals surface area contributed by atoms with Gasteiger partial charge >= 0.3 is 0 Å². The van der Waals surface area contributed by atoms with Crippen molar-refractivity contribution in [1.29, 1.82) is 5.26 Å². The average Bonchev–Trinajstić information content (AvgIpc) is 2.50. The monoisotopic (exact) mass is 326 g/mol. The molecule has 0 aromatic carbocycles. The number of nitrogens with zero attached hydrogens (tertiary/aromatic N) is 3. The Morgan fingerprint density at radius 3 is 2.71 bits per heavy atom. The van der Waals surface area contributed by atoms with Crippen LogP contribution in [0.25, 0.3) is 0 Å². The van der Waals surface area contributed by atoms with Gasteiger partial charge in [0.25, 0.3) is 5.91 Å². The first-order valence-electron chi connectivity index (χ1n) is 6.92. The van der Waals surface area contributed by atoms with E-state index in [-0.39, 0.29) is 15.9 Å². The van der Waals surface area contributed by atoms with Crippen molar-refractivity contribution >= 4 is 29.1 Å². The Labute approximate surface area is 133 Å². The quantitative estimate of drug-likeness (QED) is 0.923. The average molecular weight is 327 g/mol. The van der Waals surface area contributed by atoms with Crippen LogP contribution in [0, 0.1) is 17.2 Å². The molecule has 0 saturated heterocycles. The predicted octanol–water partition coefficient (Wildman–Crippen LogP) is 3.38. The highest BCUT2D eigenvalue weighted by Crippen LogP contribution is 2.33. The molecule has 0 atom stereocenters. The second-order valence-electron chi connectivity index (χ2n) is 5.37. The topological polar surface area (TPSA) is 78.7 Å². The molecule has 1 aliphatic rings. The highest BCUT2D eigenvalue weighted by Gasteiger charge is 2.37. The first-order valence-corrected chi connectivity index (χ1v) is 7.68. The fourth-order valence-electron chi connectivity index (χ4n) is 2.64. The molecule has 2 rings (SSSR count). The molecule has 5 nitrogen and oxygen atoms in total. The van der Waals surface area contributed by atoms with Crippen molar-refractivity contribution in [2.24, 2.45) is 5.92 Å². The maximum atomic E-state index is 12.3. The zero-order valence-corrected chi connectivity index (χ0v) is 13.2. The highest BCUT2D eigenvalue weighted by molar-refractivity contribution is 6.34. The van der Waals surface area contributed by atoms with Crippen LogP contribution in [-0.4, -0.2) is 21.6 Å². The summed E-state index contributed by atoms with van der Waals surface area (Å²) >= 11 is 11.6. The third kappa shape index (κ3) is 3.63. The van der Waals surface area contributed by atoms with Crippen LogP contribution in [0.2, 0.25) is 10.3 Å². The smallest absolute Gasteiger partial charge is 0.255 e. The molecule has 1 N–H and O–H groups in total. The lowest BCUT2D eigenvalue weighted by Gasteiger charge is -2.35. The Kier molecular flexibility index (Phi) is 5.02. The summed E-state index contributed by atoms with van der Waals surface area (Å²) in [6, 6.07) is 3.61. The number of carbonyl (C=O) groups is 1. The van der Waals surface area contributed by atoms with Crippen LogP contribution in [0.3, 0.4) is 0 Å².